The Kier molecular flexibility index (Phi) is 7.63. The molecule has 1 aromatic heterocycles. The first kappa shape index (κ1) is 27.6. The Labute approximate surface area is 227 Å². The van der Waals surface area contributed by atoms with E-state index in [9.17, 15) is 20.0 Å². The number of nitriles is 1. The Morgan fingerprint density at radius 2 is 2.00 bits per heavy atom. The number of aromatic nitrogens is 2. The number of aliphatic carboxylic acids is 1. The number of carboxylic acid groups (broad SMARTS) is 1. The van der Waals surface area contributed by atoms with Crippen molar-refractivity contribution in [2.75, 3.05) is 6.54 Å². The lowest BCUT2D eigenvalue weighted by Gasteiger charge is -2.38. The minimum Gasteiger partial charge on any atom is -0.490 e. The van der Waals surface area contributed by atoms with Gasteiger partial charge in [0.15, 0.2) is 0 Å². The van der Waals surface area contributed by atoms with Crippen LogP contribution in [0.1, 0.15) is 69.3 Å². The number of nitrogens with zero attached hydrogens (tertiary/aromatic N) is 4. The maximum atomic E-state index is 12.9. The molecule has 1 aliphatic rings. The van der Waals surface area contributed by atoms with Gasteiger partial charge >= 0.3 is 12.1 Å². The Balaban J connectivity index is 1.66. The number of rotatable bonds is 6. The van der Waals surface area contributed by atoms with E-state index in [-0.39, 0.29) is 18.4 Å². The van der Waals surface area contributed by atoms with E-state index >= 15 is 0 Å². The smallest absolute Gasteiger partial charge is 0.410 e. The van der Waals surface area contributed by atoms with E-state index in [1.807, 2.05) is 32.9 Å². The van der Waals surface area contributed by atoms with Crippen LogP contribution in [-0.4, -0.2) is 50.5 Å². The van der Waals surface area contributed by atoms with Crippen LogP contribution in [0.2, 0.25) is 0 Å². The maximum Gasteiger partial charge on any atom is 0.410 e. The molecule has 0 bridgehead atoms. The fraction of sp³-hybridized carbons (Fsp3) is 0.414. The van der Waals surface area contributed by atoms with Crippen molar-refractivity contribution in [3.05, 3.63) is 52.6 Å². The van der Waals surface area contributed by atoms with Crippen LogP contribution in [0.5, 0.6) is 5.75 Å². The van der Waals surface area contributed by atoms with Crippen LogP contribution in [0, 0.1) is 18.3 Å². The SMILES string of the molecule is Cc1c(-c2noc(-c3ccc(OC(C)C)c(C#N)c3)n2)ccc2c1CCN(C(=O)OC(C)(C)C)C2CC(=O)O. The highest BCUT2D eigenvalue weighted by atomic mass is 16.6. The topological polar surface area (TPSA) is 139 Å². The highest BCUT2D eigenvalue weighted by molar-refractivity contribution is 5.74. The monoisotopic (exact) mass is 532 g/mol. The third kappa shape index (κ3) is 6.03. The molecule has 0 fully saturated rings. The van der Waals surface area contributed by atoms with Crippen LogP contribution in [0.15, 0.2) is 34.9 Å². The van der Waals surface area contributed by atoms with Crippen LogP contribution in [0.4, 0.5) is 4.79 Å². The predicted octanol–water partition coefficient (Wildman–Crippen LogP) is 5.68. The van der Waals surface area contributed by atoms with Gasteiger partial charge in [0.05, 0.1) is 24.1 Å². The van der Waals surface area contributed by atoms with Crippen LogP contribution >= 0.6 is 0 Å². The van der Waals surface area contributed by atoms with Gasteiger partial charge < -0.3 is 24.0 Å². The zero-order valence-electron chi connectivity index (χ0n) is 22.9. The molecule has 1 unspecified atom stereocenters. The molecule has 1 aliphatic heterocycles. The summed E-state index contributed by atoms with van der Waals surface area (Å²) in [4.78, 5) is 30.7. The number of hydrogen-bond acceptors (Lipinski definition) is 8. The van der Waals surface area contributed by atoms with E-state index < -0.39 is 23.7 Å². The summed E-state index contributed by atoms with van der Waals surface area (Å²) in [6.07, 6.45) is -0.325. The normalized spacial score (nSPS) is 15.0. The minimum atomic E-state index is -1.01. The number of carbonyl (C=O) groups excluding carboxylic acids is 1. The molecule has 4 rings (SSSR count). The van der Waals surface area contributed by atoms with Gasteiger partial charge in [0.25, 0.3) is 5.89 Å². The Morgan fingerprint density at radius 3 is 2.64 bits per heavy atom. The summed E-state index contributed by atoms with van der Waals surface area (Å²) in [5.74, 6) is 0.107. The number of hydrogen-bond donors (Lipinski definition) is 1. The second-order valence-electron chi connectivity index (χ2n) is 10.8. The van der Waals surface area contributed by atoms with E-state index in [0.717, 1.165) is 22.3 Å². The molecule has 10 nitrogen and oxygen atoms in total. The van der Waals surface area contributed by atoms with Crippen molar-refractivity contribution < 1.29 is 28.7 Å². The molecular formula is C29H32N4O6. The predicted molar refractivity (Wildman–Crippen MR) is 142 cm³/mol. The van der Waals surface area contributed by atoms with Crippen molar-refractivity contribution in [3.63, 3.8) is 0 Å². The lowest BCUT2D eigenvalue weighted by Crippen LogP contribution is -2.44. The van der Waals surface area contributed by atoms with Gasteiger partial charge in [-0.1, -0.05) is 17.3 Å². The molecule has 1 amide bonds. The van der Waals surface area contributed by atoms with Crippen molar-refractivity contribution in [2.45, 2.75) is 72.1 Å². The first-order valence-corrected chi connectivity index (χ1v) is 12.8. The molecule has 1 N–H and O–H groups in total. The Hall–Kier alpha value is -4.39. The van der Waals surface area contributed by atoms with Gasteiger partial charge in [-0.05, 0) is 82.9 Å². The summed E-state index contributed by atoms with van der Waals surface area (Å²) < 4.78 is 16.8. The quantitative estimate of drug-likeness (QED) is 0.425. The summed E-state index contributed by atoms with van der Waals surface area (Å²) in [6.45, 7) is 11.4. The molecule has 2 heterocycles. The molecule has 0 radical (unpaired) electrons. The van der Waals surface area contributed by atoms with Gasteiger partial charge in [0.2, 0.25) is 5.82 Å². The average Bonchev–Trinajstić information content (AvgIpc) is 3.33. The molecule has 10 heteroatoms. The highest BCUT2D eigenvalue weighted by Gasteiger charge is 2.36. The number of carbonyl (C=O) groups is 2. The average molecular weight is 533 g/mol. The summed E-state index contributed by atoms with van der Waals surface area (Å²) in [5.41, 5.74) is 3.60. The minimum absolute atomic E-state index is 0.0729. The van der Waals surface area contributed by atoms with Gasteiger partial charge in [-0.2, -0.15) is 10.2 Å². The van der Waals surface area contributed by atoms with Crippen LogP contribution in [0.25, 0.3) is 22.8 Å². The van der Waals surface area contributed by atoms with Crippen molar-refractivity contribution in [1.29, 1.82) is 5.26 Å². The van der Waals surface area contributed by atoms with Gasteiger partial charge in [-0.3, -0.25) is 4.79 Å². The van der Waals surface area contributed by atoms with E-state index in [1.54, 1.807) is 39.0 Å². The molecule has 1 atom stereocenters. The first-order valence-electron chi connectivity index (χ1n) is 12.8. The summed E-state index contributed by atoms with van der Waals surface area (Å²) in [6, 6.07) is 10.2. The number of benzene rings is 2. The summed E-state index contributed by atoms with van der Waals surface area (Å²) in [5, 5.41) is 23.3. The van der Waals surface area contributed by atoms with Gasteiger partial charge in [-0.25, -0.2) is 4.79 Å². The van der Waals surface area contributed by atoms with E-state index in [0.29, 0.717) is 35.7 Å². The number of amides is 1. The molecular weight excluding hydrogens is 500 g/mol. The fourth-order valence-corrected chi connectivity index (χ4v) is 4.70. The molecule has 0 saturated heterocycles. The van der Waals surface area contributed by atoms with E-state index in [4.69, 9.17) is 14.0 Å². The second-order valence-corrected chi connectivity index (χ2v) is 10.8. The number of carboxylic acids is 1. The molecule has 0 saturated carbocycles. The lowest BCUT2D eigenvalue weighted by atomic mass is 9.86. The summed E-state index contributed by atoms with van der Waals surface area (Å²) in [7, 11) is 0. The summed E-state index contributed by atoms with van der Waals surface area (Å²) >= 11 is 0. The molecule has 0 aliphatic carbocycles. The van der Waals surface area contributed by atoms with Crippen LogP contribution in [-0.2, 0) is 16.0 Å². The van der Waals surface area contributed by atoms with Gasteiger partial charge in [0.1, 0.15) is 17.4 Å². The first-order chi connectivity index (χ1) is 18.4. The standard InChI is InChI=1S/C29H32N4O6/c1-16(2)37-24-10-7-18(13-19(24)15-30)27-31-26(32-39-27)21-8-9-22-20(17(21)3)11-12-33(23(22)14-25(34)35)28(36)38-29(4,5)6/h7-10,13,16,23H,11-12,14H2,1-6H3,(H,34,35). The van der Waals surface area contributed by atoms with Crippen LogP contribution in [0.3, 0.4) is 0 Å². The van der Waals surface area contributed by atoms with E-state index in [1.165, 1.54) is 4.90 Å². The lowest BCUT2D eigenvalue weighted by molar-refractivity contribution is -0.138. The maximum absolute atomic E-state index is 12.9. The number of ether oxygens (including phenoxy) is 2. The molecule has 39 heavy (non-hydrogen) atoms. The van der Waals surface area contributed by atoms with Crippen molar-refractivity contribution in [2.24, 2.45) is 0 Å². The molecule has 3 aromatic rings. The van der Waals surface area contributed by atoms with Crippen LogP contribution < -0.4 is 4.74 Å². The third-order valence-electron chi connectivity index (χ3n) is 6.35. The van der Waals surface area contributed by atoms with Crippen molar-refractivity contribution in [1.82, 2.24) is 15.0 Å². The largest absolute Gasteiger partial charge is 0.490 e. The third-order valence-corrected chi connectivity index (χ3v) is 6.35. The number of fused-ring (bicyclic) bond motifs is 1. The van der Waals surface area contributed by atoms with Gasteiger partial charge in [0, 0.05) is 17.7 Å². The zero-order chi connectivity index (χ0) is 28.5. The molecule has 204 valence electrons. The van der Waals surface area contributed by atoms with Gasteiger partial charge in [-0.15, -0.1) is 0 Å². The van der Waals surface area contributed by atoms with E-state index in [2.05, 4.69) is 16.2 Å². The highest BCUT2D eigenvalue weighted by Crippen LogP contribution is 2.38. The van der Waals surface area contributed by atoms with Crippen molar-refractivity contribution in [3.8, 4) is 34.7 Å². The second kappa shape index (κ2) is 10.8. The molecule has 2 aromatic carbocycles. The molecule has 0 spiro atoms. The Morgan fingerprint density at radius 1 is 1.26 bits per heavy atom. The Bertz CT molecular complexity index is 1450. The van der Waals surface area contributed by atoms with Crippen molar-refractivity contribution >= 4 is 12.1 Å². The fourth-order valence-electron chi connectivity index (χ4n) is 4.70. The zero-order valence-corrected chi connectivity index (χ0v) is 22.9.